The molecule has 8 heteroatoms. The van der Waals surface area contributed by atoms with E-state index < -0.39 is 9.84 Å². The highest BCUT2D eigenvalue weighted by Gasteiger charge is 2.20. The lowest BCUT2D eigenvalue weighted by atomic mass is 10.3. The quantitative estimate of drug-likeness (QED) is 0.734. The third kappa shape index (κ3) is 2.61. The minimum Gasteiger partial charge on any atom is -0.334 e. The highest BCUT2D eigenvalue weighted by Crippen LogP contribution is 2.21. The van der Waals surface area contributed by atoms with Crippen LogP contribution in [0.5, 0.6) is 0 Å². The normalized spacial score (nSPS) is 11.6. The molecule has 3 rings (SSSR count). The van der Waals surface area contributed by atoms with E-state index in [1.165, 1.54) is 23.6 Å². The second-order valence-electron chi connectivity index (χ2n) is 3.95. The number of rotatable bonds is 4. The summed E-state index contributed by atoms with van der Waals surface area (Å²) in [5.74, 6) is 0.104. The topological polar surface area (TPSA) is 86.0 Å². The molecule has 6 nitrogen and oxygen atoms in total. The average Bonchev–Trinajstić information content (AvgIpc) is 3.10. The van der Waals surface area contributed by atoms with Gasteiger partial charge in [0.15, 0.2) is 10.9 Å². The van der Waals surface area contributed by atoms with Gasteiger partial charge in [-0.05, 0) is 23.6 Å². The maximum absolute atomic E-state index is 12.1. The summed E-state index contributed by atoms with van der Waals surface area (Å²) < 4.78 is 29.3. The molecule has 20 heavy (non-hydrogen) atoms. The Balaban J connectivity index is 1.85. The van der Waals surface area contributed by atoms with E-state index in [-0.39, 0.29) is 16.6 Å². The fourth-order valence-corrected chi connectivity index (χ4v) is 3.33. The zero-order valence-corrected chi connectivity index (χ0v) is 11.8. The van der Waals surface area contributed by atoms with Crippen LogP contribution < -0.4 is 0 Å². The van der Waals surface area contributed by atoms with Crippen molar-refractivity contribution in [3.63, 3.8) is 0 Å². The summed E-state index contributed by atoms with van der Waals surface area (Å²) in [7, 11) is -3.56. The molecule has 3 heterocycles. The van der Waals surface area contributed by atoms with Crippen molar-refractivity contribution in [2.75, 3.05) is 0 Å². The van der Waals surface area contributed by atoms with Crippen LogP contribution in [-0.2, 0) is 15.6 Å². The lowest BCUT2D eigenvalue weighted by Gasteiger charge is -1.98. The number of sulfone groups is 1. The zero-order valence-electron chi connectivity index (χ0n) is 10.1. The van der Waals surface area contributed by atoms with Crippen molar-refractivity contribution in [2.45, 2.75) is 10.8 Å². The summed E-state index contributed by atoms with van der Waals surface area (Å²) >= 11 is 1.50. The largest absolute Gasteiger partial charge is 0.334 e. The summed E-state index contributed by atoms with van der Waals surface area (Å²) in [6.45, 7) is 0. The Morgan fingerprint density at radius 1 is 1.25 bits per heavy atom. The highest BCUT2D eigenvalue weighted by molar-refractivity contribution is 7.90. The molecule has 0 atom stereocenters. The molecule has 0 unspecified atom stereocenters. The SMILES string of the molecule is O=S(=O)(Cc1noc(-c2ccsc2)n1)c1ccccn1. The molecular formula is C12H9N3O3S2. The molecule has 0 aliphatic rings. The van der Waals surface area contributed by atoms with Crippen LogP contribution in [0.2, 0.25) is 0 Å². The molecule has 0 fully saturated rings. The Morgan fingerprint density at radius 2 is 2.15 bits per heavy atom. The molecule has 0 aliphatic heterocycles. The fourth-order valence-electron chi connectivity index (χ4n) is 1.59. The Morgan fingerprint density at radius 3 is 2.85 bits per heavy atom. The molecule has 0 spiro atoms. The van der Waals surface area contributed by atoms with E-state index in [0.717, 1.165) is 5.56 Å². The van der Waals surface area contributed by atoms with E-state index in [2.05, 4.69) is 15.1 Å². The van der Waals surface area contributed by atoms with Crippen LogP contribution in [0, 0.1) is 0 Å². The van der Waals surface area contributed by atoms with Crippen molar-refractivity contribution in [1.29, 1.82) is 0 Å². The molecule has 0 aliphatic carbocycles. The third-order valence-electron chi connectivity index (χ3n) is 2.51. The van der Waals surface area contributed by atoms with E-state index in [1.54, 1.807) is 12.1 Å². The standard InChI is InChI=1S/C12H9N3O3S2/c16-20(17,11-3-1-2-5-13-11)8-10-14-12(18-15-10)9-4-6-19-7-9/h1-7H,8H2. The van der Waals surface area contributed by atoms with Crippen molar-refractivity contribution < 1.29 is 12.9 Å². The van der Waals surface area contributed by atoms with Gasteiger partial charge in [0.05, 0.1) is 5.56 Å². The third-order valence-corrected chi connectivity index (χ3v) is 4.71. The molecule has 3 aromatic rings. The highest BCUT2D eigenvalue weighted by atomic mass is 32.2. The van der Waals surface area contributed by atoms with E-state index in [9.17, 15) is 8.42 Å². The average molecular weight is 307 g/mol. The summed E-state index contributed by atoms with van der Waals surface area (Å²) in [5, 5.41) is 7.43. The van der Waals surface area contributed by atoms with Gasteiger partial charge in [-0.15, -0.1) is 0 Å². The van der Waals surface area contributed by atoms with Gasteiger partial charge in [0.1, 0.15) is 5.75 Å². The molecule has 0 aromatic carbocycles. The van der Waals surface area contributed by atoms with Gasteiger partial charge in [-0.1, -0.05) is 11.2 Å². The second kappa shape index (κ2) is 5.14. The smallest absolute Gasteiger partial charge is 0.258 e. The first kappa shape index (κ1) is 12.9. The predicted molar refractivity (Wildman–Crippen MR) is 72.7 cm³/mol. The van der Waals surface area contributed by atoms with Crippen LogP contribution >= 0.6 is 11.3 Å². The van der Waals surface area contributed by atoms with Gasteiger partial charge < -0.3 is 4.52 Å². The summed E-state index contributed by atoms with van der Waals surface area (Å²) in [4.78, 5) is 7.92. The molecule has 0 N–H and O–H groups in total. The zero-order chi connectivity index (χ0) is 14.0. The van der Waals surface area contributed by atoms with Gasteiger partial charge in [-0.25, -0.2) is 13.4 Å². The van der Waals surface area contributed by atoms with Crippen LogP contribution in [0.15, 0.2) is 50.8 Å². The molecule has 0 saturated heterocycles. The maximum Gasteiger partial charge on any atom is 0.258 e. The first-order valence-electron chi connectivity index (χ1n) is 5.64. The lowest BCUT2D eigenvalue weighted by Crippen LogP contribution is -2.07. The summed E-state index contributed by atoms with van der Waals surface area (Å²) in [5.41, 5.74) is 0.781. The first-order valence-corrected chi connectivity index (χ1v) is 8.23. The Labute approximate surface area is 119 Å². The number of aromatic nitrogens is 3. The maximum atomic E-state index is 12.1. The van der Waals surface area contributed by atoms with Crippen LogP contribution in [0.1, 0.15) is 5.82 Å². The molecule has 0 radical (unpaired) electrons. The number of hydrogen-bond acceptors (Lipinski definition) is 7. The number of nitrogens with zero attached hydrogens (tertiary/aromatic N) is 3. The Hall–Kier alpha value is -2.06. The Kier molecular flexibility index (Phi) is 3.33. The van der Waals surface area contributed by atoms with Crippen LogP contribution in [0.3, 0.4) is 0 Å². The molecule has 3 aromatic heterocycles. The molecule has 0 saturated carbocycles. The van der Waals surface area contributed by atoms with Crippen molar-refractivity contribution >= 4 is 21.2 Å². The predicted octanol–water partition coefficient (Wildman–Crippen LogP) is 2.17. The monoisotopic (exact) mass is 307 g/mol. The van der Waals surface area contributed by atoms with Crippen LogP contribution in [-0.4, -0.2) is 23.5 Å². The van der Waals surface area contributed by atoms with Crippen molar-refractivity contribution in [3.05, 3.63) is 47.0 Å². The van der Waals surface area contributed by atoms with E-state index in [1.807, 2.05) is 16.8 Å². The van der Waals surface area contributed by atoms with Gasteiger partial charge in [0.2, 0.25) is 9.84 Å². The summed E-state index contributed by atoms with van der Waals surface area (Å²) in [6.07, 6.45) is 1.43. The van der Waals surface area contributed by atoms with Crippen LogP contribution in [0.25, 0.3) is 11.5 Å². The fraction of sp³-hybridized carbons (Fsp3) is 0.0833. The molecule has 0 amide bonds. The molecule has 102 valence electrons. The van der Waals surface area contributed by atoms with Crippen LogP contribution in [0.4, 0.5) is 0 Å². The first-order chi connectivity index (χ1) is 9.65. The number of pyridine rings is 1. The Bertz CT molecular complexity index is 796. The molecule has 0 bridgehead atoms. The molecular weight excluding hydrogens is 298 g/mol. The minimum atomic E-state index is -3.56. The van der Waals surface area contributed by atoms with Gasteiger partial charge in [0.25, 0.3) is 5.89 Å². The van der Waals surface area contributed by atoms with Gasteiger partial charge in [0, 0.05) is 11.6 Å². The van der Waals surface area contributed by atoms with Gasteiger partial charge in [-0.3, -0.25) is 0 Å². The van der Waals surface area contributed by atoms with E-state index in [4.69, 9.17) is 4.52 Å². The van der Waals surface area contributed by atoms with Crippen molar-refractivity contribution in [3.8, 4) is 11.5 Å². The van der Waals surface area contributed by atoms with Crippen molar-refractivity contribution in [1.82, 2.24) is 15.1 Å². The number of hydrogen-bond donors (Lipinski definition) is 0. The van der Waals surface area contributed by atoms with Crippen molar-refractivity contribution in [2.24, 2.45) is 0 Å². The second-order valence-corrected chi connectivity index (χ2v) is 6.67. The van der Waals surface area contributed by atoms with E-state index in [0.29, 0.717) is 5.89 Å². The van der Waals surface area contributed by atoms with Gasteiger partial charge in [-0.2, -0.15) is 16.3 Å². The number of thiophene rings is 1. The minimum absolute atomic E-state index is 0.00174. The van der Waals surface area contributed by atoms with Gasteiger partial charge >= 0.3 is 0 Å². The summed E-state index contributed by atoms with van der Waals surface area (Å²) in [6, 6.07) is 6.54. The van der Waals surface area contributed by atoms with E-state index >= 15 is 0 Å². The lowest BCUT2D eigenvalue weighted by molar-refractivity contribution is 0.424.